The molecule has 0 atom stereocenters. The number of fused-ring (bicyclic) bond motifs is 1. The topological polar surface area (TPSA) is 30.2 Å². The molecular weight excluding hydrogens is 260 g/mol. The summed E-state index contributed by atoms with van der Waals surface area (Å²) in [5.74, 6) is 0.464. The summed E-state index contributed by atoms with van der Waals surface area (Å²) in [6.45, 7) is 6.13. The standard InChI is InChI=1S/C19H18O2/c1-12-7-8-15(9-14(12)3)10-17(20)18-11-16-6-4-5-13(2)19(16)21-18/h4-9,11H,10H2,1-3H3. The minimum absolute atomic E-state index is 0.0221. The van der Waals surface area contributed by atoms with Gasteiger partial charge in [-0.2, -0.15) is 0 Å². The average molecular weight is 278 g/mol. The Bertz CT molecular complexity index is 825. The lowest BCUT2D eigenvalue weighted by Crippen LogP contribution is -2.02. The van der Waals surface area contributed by atoms with Crippen LogP contribution in [0.25, 0.3) is 11.0 Å². The van der Waals surface area contributed by atoms with E-state index in [2.05, 4.69) is 26.0 Å². The quantitative estimate of drug-likeness (QED) is 0.645. The fraction of sp³-hybridized carbons (Fsp3) is 0.211. The Hall–Kier alpha value is -2.35. The Morgan fingerprint density at radius 2 is 1.76 bits per heavy atom. The highest BCUT2D eigenvalue weighted by Gasteiger charge is 2.14. The second-order valence-electron chi connectivity index (χ2n) is 5.62. The van der Waals surface area contributed by atoms with Crippen molar-refractivity contribution in [2.75, 3.05) is 0 Å². The molecule has 0 aliphatic carbocycles. The Kier molecular flexibility index (Phi) is 3.38. The van der Waals surface area contributed by atoms with Crippen LogP contribution in [0.5, 0.6) is 0 Å². The van der Waals surface area contributed by atoms with Crippen molar-refractivity contribution in [2.45, 2.75) is 27.2 Å². The van der Waals surface area contributed by atoms with Gasteiger partial charge in [0, 0.05) is 11.8 Å². The number of carbonyl (C=O) groups excluding carboxylic acids is 1. The van der Waals surface area contributed by atoms with Crippen molar-refractivity contribution in [1.82, 2.24) is 0 Å². The van der Waals surface area contributed by atoms with E-state index in [4.69, 9.17) is 4.42 Å². The summed E-state index contributed by atoms with van der Waals surface area (Å²) in [5.41, 5.74) is 5.34. The van der Waals surface area contributed by atoms with Crippen LogP contribution in [0.4, 0.5) is 0 Å². The highest BCUT2D eigenvalue weighted by atomic mass is 16.3. The number of ketones is 1. The molecule has 0 aliphatic heterocycles. The molecule has 3 rings (SSSR count). The zero-order valence-corrected chi connectivity index (χ0v) is 12.6. The SMILES string of the molecule is Cc1ccc(CC(=O)c2cc3cccc(C)c3o2)cc1C. The Morgan fingerprint density at radius 3 is 2.48 bits per heavy atom. The van der Waals surface area contributed by atoms with Crippen molar-refractivity contribution in [3.8, 4) is 0 Å². The molecule has 0 aliphatic rings. The maximum Gasteiger partial charge on any atom is 0.202 e. The van der Waals surface area contributed by atoms with Gasteiger partial charge in [0.2, 0.25) is 5.78 Å². The molecule has 0 saturated heterocycles. The molecule has 0 radical (unpaired) electrons. The minimum atomic E-state index is 0.0221. The van der Waals surface area contributed by atoms with E-state index in [0.29, 0.717) is 12.2 Å². The van der Waals surface area contributed by atoms with Gasteiger partial charge < -0.3 is 4.42 Å². The van der Waals surface area contributed by atoms with Gasteiger partial charge in [0.05, 0.1) is 0 Å². The van der Waals surface area contributed by atoms with Crippen LogP contribution in [0.1, 0.15) is 32.8 Å². The van der Waals surface area contributed by atoms with Crippen LogP contribution in [-0.4, -0.2) is 5.78 Å². The summed E-state index contributed by atoms with van der Waals surface area (Å²) in [4.78, 5) is 12.4. The van der Waals surface area contributed by atoms with Gasteiger partial charge >= 0.3 is 0 Å². The smallest absolute Gasteiger partial charge is 0.202 e. The van der Waals surface area contributed by atoms with Crippen molar-refractivity contribution in [1.29, 1.82) is 0 Å². The maximum absolute atomic E-state index is 12.4. The van der Waals surface area contributed by atoms with E-state index in [9.17, 15) is 4.79 Å². The summed E-state index contributed by atoms with van der Waals surface area (Å²) in [6.07, 6.45) is 0.375. The normalized spacial score (nSPS) is 11.0. The number of hydrogen-bond acceptors (Lipinski definition) is 2. The van der Waals surface area contributed by atoms with Crippen molar-refractivity contribution >= 4 is 16.8 Å². The third kappa shape index (κ3) is 2.62. The van der Waals surface area contributed by atoms with Crippen molar-refractivity contribution in [3.63, 3.8) is 0 Å². The van der Waals surface area contributed by atoms with Crippen LogP contribution in [0.2, 0.25) is 0 Å². The first-order valence-corrected chi connectivity index (χ1v) is 7.13. The van der Waals surface area contributed by atoms with E-state index in [-0.39, 0.29) is 5.78 Å². The molecule has 0 unspecified atom stereocenters. The number of carbonyl (C=O) groups is 1. The van der Waals surface area contributed by atoms with E-state index in [1.54, 1.807) is 0 Å². The monoisotopic (exact) mass is 278 g/mol. The molecule has 2 nitrogen and oxygen atoms in total. The van der Waals surface area contributed by atoms with Gasteiger partial charge in [-0.3, -0.25) is 4.79 Å². The number of para-hydroxylation sites is 1. The molecule has 0 bridgehead atoms. The first-order chi connectivity index (χ1) is 10.0. The average Bonchev–Trinajstić information content (AvgIpc) is 2.89. The number of hydrogen-bond donors (Lipinski definition) is 0. The zero-order valence-electron chi connectivity index (χ0n) is 12.6. The molecule has 0 spiro atoms. The fourth-order valence-corrected chi connectivity index (χ4v) is 2.53. The number of Topliss-reactive ketones (excluding diaryl/α,β-unsaturated/α-hetero) is 1. The van der Waals surface area contributed by atoms with Gasteiger partial charge in [-0.15, -0.1) is 0 Å². The first-order valence-electron chi connectivity index (χ1n) is 7.13. The molecule has 2 heteroatoms. The molecule has 0 fully saturated rings. The second-order valence-corrected chi connectivity index (χ2v) is 5.62. The molecule has 1 aromatic heterocycles. The van der Waals surface area contributed by atoms with Gasteiger partial charge in [-0.25, -0.2) is 0 Å². The van der Waals surface area contributed by atoms with Crippen molar-refractivity contribution < 1.29 is 9.21 Å². The molecule has 106 valence electrons. The number of benzene rings is 2. The number of rotatable bonds is 3. The molecule has 0 amide bonds. The Labute approximate surface area is 124 Å². The lowest BCUT2D eigenvalue weighted by molar-refractivity contribution is 0.0968. The van der Waals surface area contributed by atoms with Gasteiger partial charge in [-0.05, 0) is 49.1 Å². The summed E-state index contributed by atoms with van der Waals surface area (Å²) in [6, 6.07) is 13.9. The van der Waals surface area contributed by atoms with Crippen molar-refractivity contribution in [3.05, 3.63) is 70.5 Å². The van der Waals surface area contributed by atoms with Gasteiger partial charge in [0.15, 0.2) is 5.76 Å². The molecule has 21 heavy (non-hydrogen) atoms. The van der Waals surface area contributed by atoms with Gasteiger partial charge in [0.25, 0.3) is 0 Å². The summed E-state index contributed by atoms with van der Waals surface area (Å²) >= 11 is 0. The lowest BCUT2D eigenvalue weighted by Gasteiger charge is -2.03. The molecule has 0 saturated carbocycles. The molecule has 0 N–H and O–H groups in total. The third-order valence-electron chi connectivity index (χ3n) is 3.95. The summed E-state index contributed by atoms with van der Waals surface area (Å²) in [7, 11) is 0. The largest absolute Gasteiger partial charge is 0.453 e. The van der Waals surface area contributed by atoms with E-state index in [1.807, 2.05) is 37.3 Å². The summed E-state index contributed by atoms with van der Waals surface area (Å²) in [5, 5.41) is 0.985. The maximum atomic E-state index is 12.4. The van der Waals surface area contributed by atoms with E-state index in [1.165, 1.54) is 11.1 Å². The van der Waals surface area contributed by atoms with E-state index in [0.717, 1.165) is 22.1 Å². The van der Waals surface area contributed by atoms with Crippen LogP contribution in [0, 0.1) is 20.8 Å². The summed E-state index contributed by atoms with van der Waals surface area (Å²) < 4.78 is 5.74. The Morgan fingerprint density at radius 1 is 0.952 bits per heavy atom. The zero-order chi connectivity index (χ0) is 15.0. The van der Waals surface area contributed by atoms with Crippen LogP contribution in [-0.2, 0) is 6.42 Å². The highest BCUT2D eigenvalue weighted by Crippen LogP contribution is 2.23. The molecule has 3 aromatic rings. The van der Waals surface area contributed by atoms with Gasteiger partial charge in [0.1, 0.15) is 5.58 Å². The second kappa shape index (κ2) is 5.21. The van der Waals surface area contributed by atoms with Crippen LogP contribution < -0.4 is 0 Å². The third-order valence-corrected chi connectivity index (χ3v) is 3.95. The fourth-order valence-electron chi connectivity index (χ4n) is 2.53. The van der Waals surface area contributed by atoms with Crippen LogP contribution in [0.3, 0.4) is 0 Å². The number of furan rings is 1. The van der Waals surface area contributed by atoms with Gasteiger partial charge in [-0.1, -0.05) is 36.4 Å². The highest BCUT2D eigenvalue weighted by molar-refractivity contribution is 5.99. The van der Waals surface area contributed by atoms with Crippen molar-refractivity contribution in [2.24, 2.45) is 0 Å². The van der Waals surface area contributed by atoms with Crippen LogP contribution >= 0.6 is 0 Å². The van der Waals surface area contributed by atoms with E-state index < -0.39 is 0 Å². The lowest BCUT2D eigenvalue weighted by atomic mass is 10.0. The molecule has 1 heterocycles. The number of aryl methyl sites for hydroxylation is 3. The van der Waals surface area contributed by atoms with Crippen LogP contribution in [0.15, 0.2) is 46.9 Å². The Balaban J connectivity index is 1.90. The molecule has 2 aromatic carbocycles. The van der Waals surface area contributed by atoms with E-state index >= 15 is 0 Å². The first kappa shape index (κ1) is 13.6. The predicted octanol–water partition coefficient (Wildman–Crippen LogP) is 4.78. The molecular formula is C19H18O2. The minimum Gasteiger partial charge on any atom is -0.453 e. The predicted molar refractivity (Wildman–Crippen MR) is 84.9 cm³/mol.